The molecule has 0 aliphatic carbocycles. The van der Waals surface area contributed by atoms with Crippen molar-refractivity contribution >= 4 is 62.0 Å². The Morgan fingerprint density at radius 2 is 2.05 bits per heavy atom. The van der Waals surface area contributed by atoms with Crippen molar-refractivity contribution in [3.05, 3.63) is 49.6 Å². The molecule has 3 aromatic rings. The zero-order valence-electron chi connectivity index (χ0n) is 10.0. The number of carbonyl (C=O) groups excluding carboxylic acids is 1. The third-order valence-electron chi connectivity index (χ3n) is 2.64. The lowest BCUT2D eigenvalue weighted by molar-refractivity contribution is 0.0951. The average molecular weight is 343 g/mol. The molecular weight excluding hydrogens is 335 g/mol. The molecule has 1 amide bonds. The number of carbonyl (C=O) groups is 1. The van der Waals surface area contributed by atoms with Gasteiger partial charge in [-0.3, -0.25) is 4.79 Å². The van der Waals surface area contributed by atoms with Crippen LogP contribution >= 0.6 is 45.9 Å². The Kier molecular flexibility index (Phi) is 3.94. The minimum absolute atomic E-state index is 0.239. The van der Waals surface area contributed by atoms with Gasteiger partial charge in [0, 0.05) is 0 Å². The van der Waals surface area contributed by atoms with Gasteiger partial charge in [0.25, 0.3) is 5.91 Å². The molecule has 0 unspecified atom stereocenters. The van der Waals surface area contributed by atoms with Crippen molar-refractivity contribution in [2.45, 2.75) is 6.54 Å². The topological polar surface area (TPSA) is 42.0 Å². The molecule has 0 saturated heterocycles. The predicted octanol–water partition coefficient (Wildman–Crippen LogP) is 4.59. The SMILES string of the molecule is O=C(NCc1nc2ccccc2s1)c1cc(Cl)sc1Cl. The number of amides is 1. The number of rotatable bonds is 3. The third-order valence-corrected chi connectivity index (χ3v) is 5.16. The van der Waals surface area contributed by atoms with E-state index in [9.17, 15) is 4.79 Å². The van der Waals surface area contributed by atoms with Crippen molar-refractivity contribution in [2.24, 2.45) is 0 Å². The summed E-state index contributed by atoms with van der Waals surface area (Å²) in [4.78, 5) is 16.5. The summed E-state index contributed by atoms with van der Waals surface area (Å²) < 4.78 is 2.00. The number of thiophene rings is 1. The summed E-state index contributed by atoms with van der Waals surface area (Å²) in [6.45, 7) is 0.377. The predicted molar refractivity (Wildman–Crippen MR) is 85.1 cm³/mol. The van der Waals surface area contributed by atoms with Crippen LogP contribution in [0.3, 0.4) is 0 Å². The van der Waals surface area contributed by atoms with Gasteiger partial charge in [-0.1, -0.05) is 35.3 Å². The van der Waals surface area contributed by atoms with Gasteiger partial charge in [0.15, 0.2) is 0 Å². The molecule has 3 nitrogen and oxygen atoms in total. The molecule has 20 heavy (non-hydrogen) atoms. The summed E-state index contributed by atoms with van der Waals surface area (Å²) in [6, 6.07) is 9.44. The van der Waals surface area contributed by atoms with Crippen molar-refractivity contribution in [2.75, 3.05) is 0 Å². The summed E-state index contributed by atoms with van der Waals surface area (Å²) in [5.74, 6) is -0.239. The summed E-state index contributed by atoms with van der Waals surface area (Å²) in [7, 11) is 0. The van der Waals surface area contributed by atoms with E-state index in [0.29, 0.717) is 20.8 Å². The molecule has 0 aliphatic rings. The van der Waals surface area contributed by atoms with E-state index >= 15 is 0 Å². The first-order chi connectivity index (χ1) is 9.63. The quantitative estimate of drug-likeness (QED) is 0.755. The number of nitrogens with one attached hydrogen (secondary N) is 1. The molecule has 3 rings (SSSR count). The standard InChI is InChI=1S/C13H8Cl2N2OS2/c14-10-5-7(12(15)20-10)13(18)16-6-11-17-8-3-1-2-4-9(8)19-11/h1-5H,6H2,(H,16,18). The number of para-hydroxylation sites is 1. The first kappa shape index (κ1) is 13.8. The van der Waals surface area contributed by atoms with Crippen LogP contribution in [0.4, 0.5) is 0 Å². The molecule has 0 radical (unpaired) electrons. The molecule has 102 valence electrons. The van der Waals surface area contributed by atoms with E-state index in [1.165, 1.54) is 11.3 Å². The van der Waals surface area contributed by atoms with Crippen LogP contribution in [0.2, 0.25) is 8.67 Å². The van der Waals surface area contributed by atoms with Gasteiger partial charge in [-0.25, -0.2) is 4.98 Å². The van der Waals surface area contributed by atoms with E-state index in [0.717, 1.165) is 15.2 Å². The highest BCUT2D eigenvalue weighted by molar-refractivity contribution is 7.20. The number of nitrogens with zero attached hydrogens (tertiary/aromatic N) is 1. The molecule has 0 saturated carbocycles. The number of thiazole rings is 1. The van der Waals surface area contributed by atoms with E-state index in [4.69, 9.17) is 23.2 Å². The Morgan fingerprint density at radius 1 is 1.25 bits per heavy atom. The highest BCUT2D eigenvalue weighted by Gasteiger charge is 2.14. The van der Waals surface area contributed by atoms with Crippen LogP contribution in [0.15, 0.2) is 30.3 Å². The molecule has 1 aromatic carbocycles. The van der Waals surface area contributed by atoms with E-state index in [-0.39, 0.29) is 5.91 Å². The summed E-state index contributed by atoms with van der Waals surface area (Å²) >= 11 is 14.5. The minimum atomic E-state index is -0.239. The van der Waals surface area contributed by atoms with Crippen molar-refractivity contribution in [1.82, 2.24) is 10.3 Å². The smallest absolute Gasteiger partial charge is 0.254 e. The Labute approximate surface area is 133 Å². The second-order valence-corrected chi connectivity index (χ2v) is 7.40. The van der Waals surface area contributed by atoms with Crippen LogP contribution in [0.5, 0.6) is 0 Å². The van der Waals surface area contributed by atoms with E-state index in [1.807, 2.05) is 24.3 Å². The molecule has 0 atom stereocenters. The first-order valence-corrected chi connectivity index (χ1v) is 8.10. The summed E-state index contributed by atoms with van der Waals surface area (Å²) in [5, 5.41) is 3.66. The van der Waals surface area contributed by atoms with Crippen molar-refractivity contribution in [3.63, 3.8) is 0 Å². The highest BCUT2D eigenvalue weighted by atomic mass is 35.5. The molecule has 7 heteroatoms. The zero-order valence-corrected chi connectivity index (χ0v) is 13.2. The largest absolute Gasteiger partial charge is 0.345 e. The van der Waals surface area contributed by atoms with Crippen LogP contribution in [-0.2, 0) is 6.54 Å². The Balaban J connectivity index is 1.73. The van der Waals surface area contributed by atoms with Gasteiger partial charge in [0.1, 0.15) is 9.34 Å². The molecular formula is C13H8Cl2N2OS2. The number of hydrogen-bond donors (Lipinski definition) is 1. The van der Waals surface area contributed by atoms with Crippen LogP contribution in [0.1, 0.15) is 15.4 Å². The van der Waals surface area contributed by atoms with Gasteiger partial charge in [-0.05, 0) is 18.2 Å². The summed E-state index contributed by atoms with van der Waals surface area (Å²) in [5.41, 5.74) is 1.35. The molecule has 1 N–H and O–H groups in total. The van der Waals surface area contributed by atoms with Crippen LogP contribution < -0.4 is 5.32 Å². The Morgan fingerprint density at radius 3 is 2.75 bits per heavy atom. The van der Waals surface area contributed by atoms with Crippen molar-refractivity contribution < 1.29 is 4.79 Å². The van der Waals surface area contributed by atoms with Crippen LogP contribution in [0, 0.1) is 0 Å². The Hall–Kier alpha value is -1.14. The maximum absolute atomic E-state index is 12.0. The normalized spacial score (nSPS) is 10.9. The van der Waals surface area contributed by atoms with Gasteiger partial charge in [0.05, 0.1) is 26.7 Å². The lowest BCUT2D eigenvalue weighted by atomic mass is 10.3. The fourth-order valence-electron chi connectivity index (χ4n) is 1.74. The van der Waals surface area contributed by atoms with Crippen LogP contribution in [0.25, 0.3) is 10.2 Å². The average Bonchev–Trinajstić information content (AvgIpc) is 2.98. The van der Waals surface area contributed by atoms with E-state index < -0.39 is 0 Å². The van der Waals surface area contributed by atoms with Crippen molar-refractivity contribution in [3.8, 4) is 0 Å². The van der Waals surface area contributed by atoms with Gasteiger partial charge in [0.2, 0.25) is 0 Å². The maximum atomic E-state index is 12.0. The molecule has 0 bridgehead atoms. The molecule has 0 spiro atoms. The number of aromatic nitrogens is 1. The second-order valence-electron chi connectivity index (χ2n) is 4.00. The van der Waals surface area contributed by atoms with E-state index in [2.05, 4.69) is 10.3 Å². The van der Waals surface area contributed by atoms with Gasteiger partial charge < -0.3 is 5.32 Å². The van der Waals surface area contributed by atoms with Crippen molar-refractivity contribution in [1.29, 1.82) is 0 Å². The highest BCUT2D eigenvalue weighted by Crippen LogP contribution is 2.31. The minimum Gasteiger partial charge on any atom is -0.345 e. The van der Waals surface area contributed by atoms with Gasteiger partial charge >= 0.3 is 0 Å². The second kappa shape index (κ2) is 5.69. The molecule has 0 fully saturated rings. The lowest BCUT2D eigenvalue weighted by Gasteiger charge is -2.01. The number of halogens is 2. The zero-order chi connectivity index (χ0) is 14.1. The molecule has 2 heterocycles. The molecule has 2 aromatic heterocycles. The fraction of sp³-hybridized carbons (Fsp3) is 0.0769. The summed E-state index contributed by atoms with van der Waals surface area (Å²) in [6.07, 6.45) is 0. The van der Waals surface area contributed by atoms with Crippen LogP contribution in [-0.4, -0.2) is 10.9 Å². The first-order valence-electron chi connectivity index (χ1n) is 5.71. The van der Waals surface area contributed by atoms with E-state index in [1.54, 1.807) is 17.4 Å². The number of benzene rings is 1. The lowest BCUT2D eigenvalue weighted by Crippen LogP contribution is -2.22. The van der Waals surface area contributed by atoms with Gasteiger partial charge in [-0.2, -0.15) is 0 Å². The number of fused-ring (bicyclic) bond motifs is 1. The Bertz CT molecular complexity index is 749. The monoisotopic (exact) mass is 342 g/mol. The fourth-order valence-corrected chi connectivity index (χ4v) is 4.11. The maximum Gasteiger partial charge on any atom is 0.254 e. The third kappa shape index (κ3) is 2.81. The number of hydrogen-bond acceptors (Lipinski definition) is 4. The van der Waals surface area contributed by atoms with Gasteiger partial charge in [-0.15, -0.1) is 22.7 Å². The molecule has 0 aliphatic heterocycles.